The van der Waals surface area contributed by atoms with E-state index in [4.69, 9.17) is 0 Å². The van der Waals surface area contributed by atoms with Crippen LogP contribution < -0.4 is 16.0 Å². The number of hydrogen-bond donors (Lipinski definition) is 3. The highest BCUT2D eigenvalue weighted by atomic mass is 16.2. The number of rotatable bonds is 4. The number of hydrogen-bond acceptors (Lipinski definition) is 4. The molecule has 0 aromatic rings. The van der Waals surface area contributed by atoms with Gasteiger partial charge in [0.15, 0.2) is 0 Å². The van der Waals surface area contributed by atoms with Crippen LogP contribution >= 0.6 is 0 Å². The molecule has 6 heteroatoms. The average Bonchev–Trinajstić information content (AvgIpc) is 2.37. The van der Waals surface area contributed by atoms with Crippen molar-refractivity contribution < 1.29 is 9.59 Å². The largest absolute Gasteiger partial charge is 0.338 e. The number of nitrogens with zero attached hydrogens (tertiary/aromatic N) is 1. The SMILES string of the molecule is CCNC(=O)NC(=O)C(C)N1CCC(NC)C(C)C1. The Kier molecular flexibility index (Phi) is 6.24. The Bertz CT molecular complexity index is 322. The van der Waals surface area contributed by atoms with Gasteiger partial charge in [0, 0.05) is 25.7 Å². The zero-order valence-corrected chi connectivity index (χ0v) is 12.3. The molecule has 0 saturated carbocycles. The highest BCUT2D eigenvalue weighted by Crippen LogP contribution is 2.18. The van der Waals surface area contributed by atoms with E-state index < -0.39 is 6.03 Å². The molecule has 1 fully saturated rings. The summed E-state index contributed by atoms with van der Waals surface area (Å²) in [4.78, 5) is 25.4. The lowest BCUT2D eigenvalue weighted by Crippen LogP contribution is -2.55. The third-order valence-corrected chi connectivity index (χ3v) is 3.81. The highest BCUT2D eigenvalue weighted by Gasteiger charge is 2.30. The van der Waals surface area contributed by atoms with Gasteiger partial charge in [-0.1, -0.05) is 6.92 Å². The molecule has 1 aliphatic rings. The predicted octanol–water partition coefficient (Wildman–Crippen LogP) is 0.150. The van der Waals surface area contributed by atoms with Crippen LogP contribution in [0.3, 0.4) is 0 Å². The molecule has 3 unspecified atom stereocenters. The van der Waals surface area contributed by atoms with Crippen molar-refractivity contribution >= 4 is 11.9 Å². The van der Waals surface area contributed by atoms with Crippen molar-refractivity contribution in [3.8, 4) is 0 Å². The van der Waals surface area contributed by atoms with Gasteiger partial charge in [-0.15, -0.1) is 0 Å². The van der Waals surface area contributed by atoms with E-state index in [1.54, 1.807) is 0 Å². The number of urea groups is 1. The maximum atomic E-state index is 12.0. The molecule has 0 aromatic heterocycles. The van der Waals surface area contributed by atoms with Gasteiger partial charge in [-0.2, -0.15) is 0 Å². The number of imide groups is 1. The summed E-state index contributed by atoms with van der Waals surface area (Å²) < 4.78 is 0. The molecule has 3 amide bonds. The first-order chi connectivity index (χ1) is 8.99. The van der Waals surface area contributed by atoms with E-state index in [1.165, 1.54) is 0 Å². The minimum absolute atomic E-state index is 0.235. The van der Waals surface area contributed by atoms with Crippen LogP contribution in [0, 0.1) is 5.92 Å². The first kappa shape index (κ1) is 15.9. The van der Waals surface area contributed by atoms with E-state index >= 15 is 0 Å². The van der Waals surface area contributed by atoms with Gasteiger partial charge in [0.2, 0.25) is 5.91 Å². The summed E-state index contributed by atoms with van der Waals surface area (Å²) in [6.45, 7) is 8.10. The Hall–Kier alpha value is -1.14. The Morgan fingerprint density at radius 3 is 2.63 bits per heavy atom. The quantitative estimate of drug-likeness (QED) is 0.680. The van der Waals surface area contributed by atoms with Gasteiger partial charge in [0.05, 0.1) is 6.04 Å². The van der Waals surface area contributed by atoms with Crippen LogP contribution in [0.1, 0.15) is 27.2 Å². The van der Waals surface area contributed by atoms with E-state index in [-0.39, 0.29) is 11.9 Å². The molecular formula is C13H26N4O2. The van der Waals surface area contributed by atoms with Crippen LogP contribution in [0.4, 0.5) is 4.79 Å². The Morgan fingerprint density at radius 2 is 2.11 bits per heavy atom. The van der Waals surface area contributed by atoms with E-state index in [2.05, 4.69) is 27.8 Å². The molecule has 0 bridgehead atoms. The molecule has 1 saturated heterocycles. The molecule has 0 aliphatic carbocycles. The Balaban J connectivity index is 2.47. The fraction of sp³-hybridized carbons (Fsp3) is 0.846. The minimum atomic E-state index is -0.419. The van der Waals surface area contributed by atoms with Gasteiger partial charge in [0.1, 0.15) is 0 Å². The molecule has 3 N–H and O–H groups in total. The predicted molar refractivity (Wildman–Crippen MR) is 74.9 cm³/mol. The fourth-order valence-electron chi connectivity index (χ4n) is 2.55. The average molecular weight is 270 g/mol. The molecule has 3 atom stereocenters. The molecular weight excluding hydrogens is 244 g/mol. The molecule has 0 aromatic carbocycles. The molecule has 0 radical (unpaired) electrons. The molecule has 1 aliphatic heterocycles. The standard InChI is InChI=1S/C13H26N4O2/c1-5-15-13(19)16-12(18)10(3)17-7-6-11(14-4)9(2)8-17/h9-11,14H,5-8H2,1-4H3,(H2,15,16,18,19). The lowest BCUT2D eigenvalue weighted by atomic mass is 9.93. The summed E-state index contributed by atoms with van der Waals surface area (Å²) in [5.74, 6) is 0.263. The van der Waals surface area contributed by atoms with Crippen molar-refractivity contribution in [1.82, 2.24) is 20.9 Å². The number of piperidine rings is 1. The zero-order valence-electron chi connectivity index (χ0n) is 12.3. The third kappa shape index (κ3) is 4.47. The third-order valence-electron chi connectivity index (χ3n) is 3.81. The maximum Gasteiger partial charge on any atom is 0.321 e. The number of carbonyl (C=O) groups excluding carboxylic acids is 2. The van der Waals surface area contributed by atoms with E-state index in [0.29, 0.717) is 18.5 Å². The monoisotopic (exact) mass is 270 g/mol. The van der Waals surface area contributed by atoms with Crippen molar-refractivity contribution in [3.63, 3.8) is 0 Å². The smallest absolute Gasteiger partial charge is 0.321 e. The first-order valence-electron chi connectivity index (χ1n) is 6.99. The molecule has 0 spiro atoms. The summed E-state index contributed by atoms with van der Waals surface area (Å²) >= 11 is 0. The molecule has 110 valence electrons. The molecule has 19 heavy (non-hydrogen) atoms. The van der Waals surface area contributed by atoms with Gasteiger partial charge >= 0.3 is 6.03 Å². The number of nitrogens with one attached hydrogen (secondary N) is 3. The van der Waals surface area contributed by atoms with Crippen LogP contribution in [0.15, 0.2) is 0 Å². The molecule has 1 rings (SSSR count). The Labute approximate surface area is 115 Å². The summed E-state index contributed by atoms with van der Waals surface area (Å²) in [5.41, 5.74) is 0. The van der Waals surface area contributed by atoms with E-state index in [0.717, 1.165) is 19.5 Å². The lowest BCUT2D eigenvalue weighted by Gasteiger charge is -2.39. The molecule has 6 nitrogen and oxygen atoms in total. The van der Waals surface area contributed by atoms with E-state index in [1.807, 2.05) is 20.9 Å². The van der Waals surface area contributed by atoms with Crippen molar-refractivity contribution in [2.24, 2.45) is 5.92 Å². The van der Waals surface area contributed by atoms with E-state index in [9.17, 15) is 9.59 Å². The second-order valence-corrected chi connectivity index (χ2v) is 5.18. The normalized spacial score (nSPS) is 25.7. The van der Waals surface area contributed by atoms with Gasteiger partial charge in [-0.05, 0) is 33.2 Å². The van der Waals surface area contributed by atoms with Crippen LogP contribution in [0.5, 0.6) is 0 Å². The zero-order chi connectivity index (χ0) is 14.4. The molecule has 1 heterocycles. The van der Waals surface area contributed by atoms with Gasteiger partial charge in [-0.25, -0.2) is 4.79 Å². The summed E-state index contributed by atoms with van der Waals surface area (Å²) in [6, 6.07) is -0.185. The summed E-state index contributed by atoms with van der Waals surface area (Å²) in [7, 11) is 1.97. The van der Waals surface area contributed by atoms with Crippen LogP contribution in [0.2, 0.25) is 0 Å². The summed E-state index contributed by atoms with van der Waals surface area (Å²) in [6.07, 6.45) is 1.02. The first-order valence-corrected chi connectivity index (χ1v) is 6.99. The Morgan fingerprint density at radius 1 is 1.42 bits per heavy atom. The number of likely N-dealkylation sites (tertiary alicyclic amines) is 1. The topological polar surface area (TPSA) is 73.5 Å². The van der Waals surface area contributed by atoms with Crippen molar-refractivity contribution in [2.45, 2.75) is 39.3 Å². The van der Waals surface area contributed by atoms with Crippen molar-refractivity contribution in [3.05, 3.63) is 0 Å². The highest BCUT2D eigenvalue weighted by molar-refractivity contribution is 5.96. The summed E-state index contributed by atoms with van der Waals surface area (Å²) in [5, 5.41) is 8.23. The maximum absolute atomic E-state index is 12.0. The lowest BCUT2D eigenvalue weighted by molar-refractivity contribution is -0.125. The van der Waals surface area contributed by atoms with Gasteiger partial charge in [0.25, 0.3) is 0 Å². The van der Waals surface area contributed by atoms with Crippen LogP contribution in [0.25, 0.3) is 0 Å². The number of amides is 3. The van der Waals surface area contributed by atoms with Crippen LogP contribution in [-0.2, 0) is 4.79 Å². The second kappa shape index (κ2) is 7.45. The fourth-order valence-corrected chi connectivity index (χ4v) is 2.55. The second-order valence-electron chi connectivity index (χ2n) is 5.18. The van der Waals surface area contributed by atoms with Crippen molar-refractivity contribution in [2.75, 3.05) is 26.7 Å². The van der Waals surface area contributed by atoms with Gasteiger partial charge < -0.3 is 10.6 Å². The minimum Gasteiger partial charge on any atom is -0.338 e. The van der Waals surface area contributed by atoms with Gasteiger partial charge in [-0.3, -0.25) is 15.0 Å². The van der Waals surface area contributed by atoms with Crippen molar-refractivity contribution in [1.29, 1.82) is 0 Å². The number of carbonyl (C=O) groups is 2. The van der Waals surface area contributed by atoms with Crippen LogP contribution in [-0.4, -0.2) is 55.6 Å².